The molecule has 6 rings (SSSR count). The van der Waals surface area contributed by atoms with Crippen molar-refractivity contribution in [2.24, 2.45) is 0 Å². The third kappa shape index (κ3) is 3.39. The second kappa shape index (κ2) is 8.30. The van der Waals surface area contributed by atoms with E-state index in [1.165, 1.54) is 0 Å². The number of hydrogen-bond donors (Lipinski definition) is 2. The zero-order valence-electron chi connectivity index (χ0n) is 18.3. The van der Waals surface area contributed by atoms with E-state index in [4.69, 9.17) is 4.98 Å². The van der Waals surface area contributed by atoms with Crippen LogP contribution in [0.4, 0.5) is 0 Å². The maximum absolute atomic E-state index is 10.1. The van der Waals surface area contributed by atoms with Crippen LogP contribution in [0.1, 0.15) is 0 Å². The average Bonchev–Trinajstić information content (AvgIpc) is 3.24. The number of fused-ring (bicyclic) bond motifs is 3. The Balaban J connectivity index is 1.71. The van der Waals surface area contributed by atoms with Gasteiger partial charge in [-0.15, -0.1) is 0 Å². The molecule has 0 aliphatic carbocycles. The van der Waals surface area contributed by atoms with Gasteiger partial charge >= 0.3 is 7.12 Å². The number of hydrogen-bond acceptors (Lipinski definition) is 3. The van der Waals surface area contributed by atoms with Crippen LogP contribution in [-0.4, -0.2) is 26.7 Å². The maximum Gasteiger partial charge on any atom is 0.489 e. The van der Waals surface area contributed by atoms with Gasteiger partial charge in [0.1, 0.15) is 5.82 Å². The molecule has 0 fully saturated rings. The van der Waals surface area contributed by atoms with Gasteiger partial charge in [0.2, 0.25) is 0 Å². The van der Waals surface area contributed by atoms with Crippen LogP contribution in [0.2, 0.25) is 0 Å². The highest BCUT2D eigenvalue weighted by Gasteiger charge is 2.21. The molecule has 0 radical (unpaired) electrons. The van der Waals surface area contributed by atoms with Gasteiger partial charge in [-0.1, -0.05) is 91.0 Å². The molecule has 0 atom stereocenters. The molecule has 0 aliphatic rings. The van der Waals surface area contributed by atoms with Gasteiger partial charge in [-0.25, -0.2) is 4.98 Å². The fraction of sp³-hybridized carbons (Fsp3) is 0. The molecule has 162 valence electrons. The fourth-order valence-electron chi connectivity index (χ4n) is 4.69. The minimum Gasteiger partial charge on any atom is -0.423 e. The molecule has 6 aromatic rings. The summed E-state index contributed by atoms with van der Waals surface area (Å²) >= 11 is 0. The van der Waals surface area contributed by atoms with Crippen LogP contribution in [0.15, 0.2) is 115 Å². The SMILES string of the molecule is OB(O)c1cccc2c1c1ccccc1n2-c1cc(-c2ccccc2)cc(-c2ccccc2)n1. The van der Waals surface area contributed by atoms with E-state index in [1.54, 1.807) is 6.07 Å². The Bertz CT molecular complexity index is 1570. The standard InChI is InChI=1S/C29H21BN2O2/c33-30(34)24-15-9-17-27-29(24)23-14-7-8-16-26(23)32(27)28-19-22(20-10-3-1-4-11-20)18-25(31-28)21-12-5-2-6-13-21/h1-19,33-34H. The van der Waals surface area contributed by atoms with Crippen LogP contribution in [0.5, 0.6) is 0 Å². The first-order valence-corrected chi connectivity index (χ1v) is 11.2. The lowest BCUT2D eigenvalue weighted by molar-refractivity contribution is 0.426. The summed E-state index contributed by atoms with van der Waals surface area (Å²) in [6.07, 6.45) is 0. The van der Waals surface area contributed by atoms with E-state index in [0.29, 0.717) is 5.46 Å². The Hall–Kier alpha value is -4.19. The molecular weight excluding hydrogens is 419 g/mol. The lowest BCUT2D eigenvalue weighted by Gasteiger charge is -2.13. The summed E-state index contributed by atoms with van der Waals surface area (Å²) in [6.45, 7) is 0. The Labute approximate surface area is 197 Å². The molecule has 2 N–H and O–H groups in total. The fourth-order valence-corrected chi connectivity index (χ4v) is 4.69. The number of pyridine rings is 1. The molecule has 0 spiro atoms. The largest absolute Gasteiger partial charge is 0.489 e. The number of rotatable bonds is 4. The first-order chi connectivity index (χ1) is 16.7. The summed E-state index contributed by atoms with van der Waals surface area (Å²) in [5.41, 5.74) is 6.40. The number of benzene rings is 4. The maximum atomic E-state index is 10.1. The van der Waals surface area contributed by atoms with E-state index >= 15 is 0 Å². The predicted octanol–water partition coefficient (Wildman–Crippen LogP) is 5.19. The van der Waals surface area contributed by atoms with Crippen molar-refractivity contribution in [3.63, 3.8) is 0 Å². The lowest BCUT2D eigenvalue weighted by atomic mass is 9.77. The molecule has 34 heavy (non-hydrogen) atoms. The Morgan fingerprint density at radius 2 is 1.24 bits per heavy atom. The third-order valence-electron chi connectivity index (χ3n) is 6.23. The summed E-state index contributed by atoms with van der Waals surface area (Å²) in [5.74, 6) is 0.774. The van der Waals surface area contributed by atoms with Crippen molar-refractivity contribution in [2.75, 3.05) is 0 Å². The lowest BCUT2D eigenvalue weighted by Crippen LogP contribution is -2.30. The van der Waals surface area contributed by atoms with Crippen molar-refractivity contribution in [1.29, 1.82) is 0 Å². The normalized spacial score (nSPS) is 11.2. The molecular formula is C29H21BN2O2. The molecule has 5 heteroatoms. The molecule has 0 bridgehead atoms. The monoisotopic (exact) mass is 440 g/mol. The first-order valence-electron chi connectivity index (χ1n) is 11.2. The molecule has 2 heterocycles. The van der Waals surface area contributed by atoms with E-state index in [2.05, 4.69) is 41.0 Å². The Morgan fingerprint density at radius 3 is 1.97 bits per heavy atom. The zero-order valence-corrected chi connectivity index (χ0v) is 18.3. The number of nitrogens with zero attached hydrogens (tertiary/aromatic N) is 2. The first kappa shape index (κ1) is 20.4. The smallest absolute Gasteiger partial charge is 0.423 e. The van der Waals surface area contributed by atoms with Crippen molar-refractivity contribution in [2.45, 2.75) is 0 Å². The van der Waals surface area contributed by atoms with E-state index in [9.17, 15) is 10.0 Å². The predicted molar refractivity (Wildman–Crippen MR) is 139 cm³/mol. The second-order valence-corrected chi connectivity index (χ2v) is 8.30. The highest BCUT2D eigenvalue weighted by Crippen LogP contribution is 2.33. The highest BCUT2D eigenvalue weighted by molar-refractivity contribution is 6.63. The van der Waals surface area contributed by atoms with Gasteiger partial charge in [-0.3, -0.25) is 4.57 Å². The van der Waals surface area contributed by atoms with Crippen LogP contribution < -0.4 is 5.46 Å². The Morgan fingerprint density at radius 1 is 0.588 bits per heavy atom. The van der Waals surface area contributed by atoms with Crippen LogP contribution in [0.3, 0.4) is 0 Å². The van der Waals surface area contributed by atoms with Gasteiger partial charge in [0.15, 0.2) is 0 Å². The van der Waals surface area contributed by atoms with E-state index < -0.39 is 7.12 Å². The second-order valence-electron chi connectivity index (χ2n) is 8.30. The van der Waals surface area contributed by atoms with Crippen LogP contribution in [0.25, 0.3) is 50.0 Å². The summed E-state index contributed by atoms with van der Waals surface area (Å²) in [6, 6.07) is 38.3. The molecule has 4 aromatic carbocycles. The van der Waals surface area contributed by atoms with Crippen molar-refractivity contribution < 1.29 is 10.0 Å². The van der Waals surface area contributed by atoms with Gasteiger partial charge in [0.25, 0.3) is 0 Å². The van der Waals surface area contributed by atoms with Crippen molar-refractivity contribution in [3.05, 3.63) is 115 Å². The molecule has 0 saturated heterocycles. The topological polar surface area (TPSA) is 58.3 Å². The van der Waals surface area contributed by atoms with Gasteiger partial charge in [0.05, 0.1) is 16.7 Å². The van der Waals surface area contributed by atoms with E-state index in [-0.39, 0.29) is 0 Å². The van der Waals surface area contributed by atoms with Crippen LogP contribution in [0, 0.1) is 0 Å². The van der Waals surface area contributed by atoms with Gasteiger partial charge < -0.3 is 10.0 Å². The molecule has 4 nitrogen and oxygen atoms in total. The van der Waals surface area contributed by atoms with E-state index in [0.717, 1.165) is 50.0 Å². The number of aromatic nitrogens is 2. The van der Waals surface area contributed by atoms with Crippen molar-refractivity contribution in [3.8, 4) is 28.2 Å². The third-order valence-corrected chi connectivity index (χ3v) is 6.23. The summed E-state index contributed by atoms with van der Waals surface area (Å²) in [4.78, 5) is 5.08. The molecule has 0 aliphatic heterocycles. The summed E-state index contributed by atoms with van der Waals surface area (Å²) in [5, 5.41) is 21.9. The molecule has 2 aromatic heterocycles. The quantitative estimate of drug-likeness (QED) is 0.371. The van der Waals surface area contributed by atoms with Gasteiger partial charge in [-0.05, 0) is 40.9 Å². The van der Waals surface area contributed by atoms with Crippen molar-refractivity contribution in [1.82, 2.24) is 9.55 Å². The summed E-state index contributed by atoms with van der Waals surface area (Å²) < 4.78 is 2.11. The molecule has 0 unspecified atom stereocenters. The zero-order chi connectivity index (χ0) is 23.1. The van der Waals surface area contributed by atoms with E-state index in [1.807, 2.05) is 72.8 Å². The van der Waals surface area contributed by atoms with Crippen LogP contribution >= 0.6 is 0 Å². The highest BCUT2D eigenvalue weighted by atomic mass is 16.4. The molecule has 0 saturated carbocycles. The van der Waals surface area contributed by atoms with Gasteiger partial charge in [-0.2, -0.15) is 0 Å². The molecule has 0 amide bonds. The van der Waals surface area contributed by atoms with Crippen molar-refractivity contribution >= 4 is 34.4 Å². The number of para-hydroxylation sites is 1. The minimum atomic E-state index is -1.56. The average molecular weight is 440 g/mol. The minimum absolute atomic E-state index is 0.481. The van der Waals surface area contributed by atoms with Gasteiger partial charge in [0, 0.05) is 16.3 Å². The summed E-state index contributed by atoms with van der Waals surface area (Å²) in [7, 11) is -1.56. The Kier molecular flexibility index (Phi) is 4.99. The van der Waals surface area contributed by atoms with Crippen LogP contribution in [-0.2, 0) is 0 Å².